The van der Waals surface area contributed by atoms with Crippen LogP contribution in [0.3, 0.4) is 0 Å². The van der Waals surface area contributed by atoms with Gasteiger partial charge in [-0.25, -0.2) is 0 Å². The van der Waals surface area contributed by atoms with Crippen molar-refractivity contribution >= 4 is 11.6 Å². The molecule has 0 aliphatic carbocycles. The van der Waals surface area contributed by atoms with E-state index in [1.165, 1.54) is 36.5 Å². The van der Waals surface area contributed by atoms with E-state index in [1.807, 2.05) is 24.3 Å². The summed E-state index contributed by atoms with van der Waals surface area (Å²) < 4.78 is 46.3. The first-order chi connectivity index (χ1) is 15.9. The fraction of sp³-hybridized carbons (Fsp3) is 0.261. The molecule has 3 aromatic rings. The standard InChI is InChI=1S/C23H21F3N4O3/c24-23(25,26)33-19-7-5-16(6-8-19)20-13-18(15-28-29-20)22(31)27-14-17-3-1-2-4-21(17)30-9-11-32-12-10-30/h1-8,13,15H,9-12,14H2,(H,27,31). The van der Waals surface area contributed by atoms with Crippen molar-refractivity contribution in [3.05, 3.63) is 71.9 Å². The van der Waals surface area contributed by atoms with Crippen LogP contribution >= 0.6 is 0 Å². The molecule has 1 fully saturated rings. The monoisotopic (exact) mass is 458 g/mol. The molecule has 7 nitrogen and oxygen atoms in total. The molecule has 0 radical (unpaired) electrons. The van der Waals surface area contributed by atoms with Crippen LogP contribution in [0.2, 0.25) is 0 Å². The highest BCUT2D eigenvalue weighted by Gasteiger charge is 2.31. The van der Waals surface area contributed by atoms with Gasteiger partial charge in [-0.2, -0.15) is 10.2 Å². The number of ether oxygens (including phenoxy) is 2. The zero-order valence-electron chi connectivity index (χ0n) is 17.5. The number of alkyl halides is 3. The second-order valence-corrected chi connectivity index (χ2v) is 7.31. The van der Waals surface area contributed by atoms with Crippen molar-refractivity contribution in [3.63, 3.8) is 0 Å². The summed E-state index contributed by atoms with van der Waals surface area (Å²) in [6, 6.07) is 14.6. The van der Waals surface area contributed by atoms with Gasteiger partial charge in [0.1, 0.15) is 5.75 Å². The SMILES string of the molecule is O=C(NCc1ccccc1N1CCOCC1)c1cnnc(-c2ccc(OC(F)(F)F)cc2)c1. The van der Waals surface area contributed by atoms with E-state index >= 15 is 0 Å². The summed E-state index contributed by atoms with van der Waals surface area (Å²) in [5, 5.41) is 10.7. The van der Waals surface area contributed by atoms with E-state index in [4.69, 9.17) is 4.74 Å². The number of anilines is 1. The number of rotatable bonds is 6. The number of nitrogens with zero attached hydrogens (tertiary/aromatic N) is 3. The van der Waals surface area contributed by atoms with Crippen molar-refractivity contribution in [1.82, 2.24) is 15.5 Å². The molecule has 2 heterocycles. The Morgan fingerprint density at radius 1 is 1.09 bits per heavy atom. The quantitative estimate of drug-likeness (QED) is 0.606. The van der Waals surface area contributed by atoms with Crippen molar-refractivity contribution in [2.24, 2.45) is 0 Å². The molecular weight excluding hydrogens is 437 g/mol. The first kappa shape index (κ1) is 22.5. The molecule has 0 bridgehead atoms. The van der Waals surface area contributed by atoms with Gasteiger partial charge < -0.3 is 19.7 Å². The van der Waals surface area contributed by atoms with Gasteiger partial charge in [-0.1, -0.05) is 18.2 Å². The van der Waals surface area contributed by atoms with Crippen molar-refractivity contribution in [1.29, 1.82) is 0 Å². The van der Waals surface area contributed by atoms with Gasteiger partial charge in [-0.05, 0) is 42.0 Å². The maximum atomic E-state index is 12.7. The van der Waals surface area contributed by atoms with Gasteiger partial charge in [0.2, 0.25) is 0 Å². The average molecular weight is 458 g/mol. The average Bonchev–Trinajstić information content (AvgIpc) is 2.83. The van der Waals surface area contributed by atoms with Crippen molar-refractivity contribution in [2.75, 3.05) is 31.2 Å². The number of carbonyl (C=O) groups excluding carboxylic acids is 1. The third kappa shape index (κ3) is 5.98. The Balaban J connectivity index is 1.44. The Morgan fingerprint density at radius 3 is 2.55 bits per heavy atom. The minimum Gasteiger partial charge on any atom is -0.406 e. The van der Waals surface area contributed by atoms with E-state index in [2.05, 4.69) is 25.2 Å². The molecule has 1 aliphatic heterocycles. The van der Waals surface area contributed by atoms with E-state index < -0.39 is 6.36 Å². The van der Waals surface area contributed by atoms with E-state index in [1.54, 1.807) is 0 Å². The molecule has 0 unspecified atom stereocenters. The van der Waals surface area contributed by atoms with Crippen molar-refractivity contribution in [2.45, 2.75) is 12.9 Å². The Hall–Kier alpha value is -3.66. The predicted molar refractivity (Wildman–Crippen MR) is 115 cm³/mol. The Labute approximate surface area is 188 Å². The molecule has 10 heteroatoms. The lowest BCUT2D eigenvalue weighted by molar-refractivity contribution is -0.274. The van der Waals surface area contributed by atoms with E-state index in [0.717, 1.165) is 24.3 Å². The summed E-state index contributed by atoms with van der Waals surface area (Å²) in [6.45, 7) is 3.23. The van der Waals surface area contributed by atoms with Crippen LogP contribution in [-0.4, -0.2) is 48.8 Å². The fourth-order valence-corrected chi connectivity index (χ4v) is 3.51. The highest BCUT2D eigenvalue weighted by molar-refractivity contribution is 5.94. The largest absolute Gasteiger partial charge is 0.573 e. The molecule has 2 aromatic carbocycles. The fourth-order valence-electron chi connectivity index (χ4n) is 3.51. The summed E-state index contributed by atoms with van der Waals surface area (Å²) in [4.78, 5) is 15.0. The molecule has 4 rings (SSSR count). The van der Waals surface area contributed by atoms with Crippen LogP contribution in [0.25, 0.3) is 11.3 Å². The zero-order valence-corrected chi connectivity index (χ0v) is 17.5. The molecule has 1 saturated heterocycles. The van der Waals surface area contributed by atoms with E-state index in [9.17, 15) is 18.0 Å². The van der Waals surface area contributed by atoms with Gasteiger partial charge in [-0.15, -0.1) is 13.2 Å². The molecular formula is C23H21F3N4O3. The molecule has 33 heavy (non-hydrogen) atoms. The summed E-state index contributed by atoms with van der Waals surface area (Å²) in [7, 11) is 0. The van der Waals surface area contributed by atoms with Crippen LogP contribution in [0.5, 0.6) is 5.75 Å². The third-order valence-corrected chi connectivity index (χ3v) is 5.08. The third-order valence-electron chi connectivity index (χ3n) is 5.08. The highest BCUT2D eigenvalue weighted by atomic mass is 19.4. The van der Waals surface area contributed by atoms with Crippen molar-refractivity contribution < 1.29 is 27.4 Å². The maximum Gasteiger partial charge on any atom is 0.573 e. The van der Waals surface area contributed by atoms with Gasteiger partial charge in [0, 0.05) is 30.9 Å². The smallest absolute Gasteiger partial charge is 0.406 e. The Morgan fingerprint density at radius 2 is 1.82 bits per heavy atom. The van der Waals surface area contributed by atoms with Gasteiger partial charge in [-0.3, -0.25) is 4.79 Å². The maximum absolute atomic E-state index is 12.7. The summed E-state index contributed by atoms with van der Waals surface area (Å²) in [5.41, 5.74) is 3.18. The van der Waals surface area contributed by atoms with Crippen LogP contribution in [0.15, 0.2) is 60.8 Å². The predicted octanol–water partition coefficient (Wildman–Crippen LogP) is 3.81. The number of carbonyl (C=O) groups is 1. The van der Waals surface area contributed by atoms with Gasteiger partial charge in [0.25, 0.3) is 5.91 Å². The topological polar surface area (TPSA) is 76.6 Å². The minimum absolute atomic E-state index is 0.291. The molecule has 1 aliphatic rings. The molecule has 0 saturated carbocycles. The minimum atomic E-state index is -4.76. The number of halogens is 3. The van der Waals surface area contributed by atoms with Crippen molar-refractivity contribution in [3.8, 4) is 17.0 Å². The second kappa shape index (κ2) is 9.86. The number of aromatic nitrogens is 2. The van der Waals surface area contributed by atoms with Crippen LogP contribution in [0.4, 0.5) is 18.9 Å². The molecule has 172 valence electrons. The molecule has 0 spiro atoms. The highest BCUT2D eigenvalue weighted by Crippen LogP contribution is 2.26. The lowest BCUT2D eigenvalue weighted by Gasteiger charge is -2.30. The number of hydrogen-bond acceptors (Lipinski definition) is 6. The zero-order chi connectivity index (χ0) is 23.3. The number of para-hydroxylation sites is 1. The Kier molecular flexibility index (Phi) is 6.74. The normalized spacial score (nSPS) is 14.1. The van der Waals surface area contributed by atoms with E-state index in [-0.39, 0.29) is 11.7 Å². The summed E-state index contributed by atoms with van der Waals surface area (Å²) in [6.07, 6.45) is -3.42. The lowest BCUT2D eigenvalue weighted by Crippen LogP contribution is -2.37. The van der Waals surface area contributed by atoms with Crippen LogP contribution < -0.4 is 15.0 Å². The number of nitrogens with one attached hydrogen (secondary N) is 1. The number of amides is 1. The molecule has 1 aromatic heterocycles. The first-order valence-electron chi connectivity index (χ1n) is 10.3. The Bertz CT molecular complexity index is 1100. The molecule has 1 N–H and O–H groups in total. The number of hydrogen-bond donors (Lipinski definition) is 1. The van der Waals surface area contributed by atoms with Gasteiger partial charge in [0.05, 0.1) is 30.7 Å². The second-order valence-electron chi connectivity index (χ2n) is 7.31. The number of benzene rings is 2. The molecule has 1 amide bonds. The van der Waals surface area contributed by atoms with Crippen LogP contribution in [0, 0.1) is 0 Å². The van der Waals surface area contributed by atoms with Gasteiger partial charge in [0.15, 0.2) is 0 Å². The van der Waals surface area contributed by atoms with Gasteiger partial charge >= 0.3 is 6.36 Å². The van der Waals surface area contributed by atoms with E-state index in [0.29, 0.717) is 36.6 Å². The van der Waals surface area contributed by atoms with Crippen LogP contribution in [0.1, 0.15) is 15.9 Å². The number of morpholine rings is 1. The first-order valence-corrected chi connectivity index (χ1v) is 10.3. The summed E-state index contributed by atoms with van der Waals surface area (Å²) >= 11 is 0. The molecule has 0 atom stereocenters. The van der Waals surface area contributed by atoms with Crippen LogP contribution in [-0.2, 0) is 11.3 Å². The lowest BCUT2D eigenvalue weighted by atomic mass is 10.1. The summed E-state index contributed by atoms with van der Waals surface area (Å²) in [5.74, 6) is -0.674.